The van der Waals surface area contributed by atoms with Gasteiger partial charge in [-0.25, -0.2) is 0 Å². The summed E-state index contributed by atoms with van der Waals surface area (Å²) in [6.07, 6.45) is 9.77. The van der Waals surface area contributed by atoms with Gasteiger partial charge in [-0.1, -0.05) is 73.9 Å². The molecule has 0 aliphatic heterocycles. The van der Waals surface area contributed by atoms with Gasteiger partial charge in [0.1, 0.15) is 0 Å². The van der Waals surface area contributed by atoms with Crippen LogP contribution in [-0.4, -0.2) is 0 Å². The van der Waals surface area contributed by atoms with Crippen LogP contribution in [0, 0.1) is 0 Å². The van der Waals surface area contributed by atoms with Crippen LogP contribution < -0.4 is 0 Å². The van der Waals surface area contributed by atoms with Crippen molar-refractivity contribution in [1.82, 2.24) is 0 Å². The second-order valence-electron chi connectivity index (χ2n) is 6.01. The van der Waals surface area contributed by atoms with Crippen LogP contribution >= 0.6 is 0 Å². The lowest BCUT2D eigenvalue weighted by Gasteiger charge is -2.13. The quantitative estimate of drug-likeness (QED) is 0.409. The molecule has 108 valence electrons. The zero-order valence-corrected chi connectivity index (χ0v) is 12.7. The van der Waals surface area contributed by atoms with Crippen molar-refractivity contribution >= 4 is 0 Å². The van der Waals surface area contributed by atoms with Gasteiger partial charge in [0, 0.05) is 5.92 Å². The molecule has 0 atom stereocenters. The number of rotatable bonds is 7. The molecule has 0 saturated carbocycles. The third kappa shape index (κ3) is 2.95. The molecular formula is C21H24. The molecule has 21 heavy (non-hydrogen) atoms. The molecule has 1 aliphatic rings. The summed E-state index contributed by atoms with van der Waals surface area (Å²) < 4.78 is 0. The summed E-state index contributed by atoms with van der Waals surface area (Å²) in [5, 5.41) is 0. The third-order valence-corrected chi connectivity index (χ3v) is 4.61. The predicted octanol–water partition coefficient (Wildman–Crippen LogP) is 6.33. The Hall–Kier alpha value is -1.82. The maximum absolute atomic E-state index is 3.79. The fourth-order valence-electron chi connectivity index (χ4n) is 3.56. The van der Waals surface area contributed by atoms with Crippen LogP contribution in [0.5, 0.6) is 0 Å². The van der Waals surface area contributed by atoms with E-state index in [0.717, 1.165) is 6.42 Å². The van der Waals surface area contributed by atoms with E-state index in [1.807, 2.05) is 6.08 Å². The lowest BCUT2D eigenvalue weighted by atomic mass is 9.91. The Morgan fingerprint density at radius 3 is 1.95 bits per heavy atom. The molecule has 0 spiro atoms. The SMILES string of the molecule is C=CCCCCCCC1c2ccccc2-c2ccccc21. The van der Waals surface area contributed by atoms with Gasteiger partial charge in [0.2, 0.25) is 0 Å². The van der Waals surface area contributed by atoms with E-state index in [2.05, 4.69) is 55.1 Å². The summed E-state index contributed by atoms with van der Waals surface area (Å²) >= 11 is 0. The Kier molecular flexibility index (Phi) is 4.55. The number of allylic oxidation sites excluding steroid dienone is 1. The van der Waals surface area contributed by atoms with Crippen molar-refractivity contribution in [1.29, 1.82) is 0 Å². The average Bonchev–Trinajstić information content (AvgIpc) is 2.85. The molecule has 0 heteroatoms. The van der Waals surface area contributed by atoms with Gasteiger partial charge in [0.15, 0.2) is 0 Å². The van der Waals surface area contributed by atoms with E-state index in [0.29, 0.717) is 5.92 Å². The minimum Gasteiger partial charge on any atom is -0.103 e. The monoisotopic (exact) mass is 276 g/mol. The largest absolute Gasteiger partial charge is 0.103 e. The Bertz CT molecular complexity index is 563. The van der Waals surface area contributed by atoms with Crippen molar-refractivity contribution in [2.24, 2.45) is 0 Å². The number of hydrogen-bond donors (Lipinski definition) is 0. The van der Waals surface area contributed by atoms with E-state index in [1.54, 1.807) is 0 Å². The van der Waals surface area contributed by atoms with Crippen LogP contribution in [0.1, 0.15) is 55.6 Å². The first-order valence-corrected chi connectivity index (χ1v) is 8.21. The van der Waals surface area contributed by atoms with Crippen LogP contribution in [0.25, 0.3) is 11.1 Å². The van der Waals surface area contributed by atoms with Gasteiger partial charge in [-0.05, 0) is 41.5 Å². The van der Waals surface area contributed by atoms with Crippen LogP contribution in [0.4, 0.5) is 0 Å². The Labute approximate surface area is 128 Å². The van der Waals surface area contributed by atoms with Gasteiger partial charge in [-0.2, -0.15) is 0 Å². The fraction of sp³-hybridized carbons (Fsp3) is 0.333. The summed E-state index contributed by atoms with van der Waals surface area (Å²) in [5.74, 6) is 0.608. The van der Waals surface area contributed by atoms with E-state index in [-0.39, 0.29) is 0 Å². The highest BCUT2D eigenvalue weighted by atomic mass is 14.3. The van der Waals surface area contributed by atoms with Crippen molar-refractivity contribution in [3.8, 4) is 11.1 Å². The number of benzene rings is 2. The van der Waals surface area contributed by atoms with Gasteiger partial charge in [-0.3, -0.25) is 0 Å². The van der Waals surface area contributed by atoms with Gasteiger partial charge in [0.05, 0.1) is 0 Å². The van der Waals surface area contributed by atoms with Crippen molar-refractivity contribution in [2.75, 3.05) is 0 Å². The fourth-order valence-corrected chi connectivity index (χ4v) is 3.56. The lowest BCUT2D eigenvalue weighted by molar-refractivity contribution is 0.591. The highest BCUT2D eigenvalue weighted by molar-refractivity contribution is 5.78. The van der Waals surface area contributed by atoms with Crippen molar-refractivity contribution in [3.05, 3.63) is 72.3 Å². The van der Waals surface area contributed by atoms with Crippen molar-refractivity contribution in [3.63, 3.8) is 0 Å². The third-order valence-electron chi connectivity index (χ3n) is 4.61. The molecule has 2 aromatic carbocycles. The Morgan fingerprint density at radius 1 is 0.762 bits per heavy atom. The van der Waals surface area contributed by atoms with Gasteiger partial charge in [0.25, 0.3) is 0 Å². The molecule has 3 rings (SSSR count). The minimum atomic E-state index is 0.608. The molecule has 2 aromatic rings. The lowest BCUT2D eigenvalue weighted by Crippen LogP contribution is -1.96. The topological polar surface area (TPSA) is 0 Å². The zero-order valence-electron chi connectivity index (χ0n) is 12.7. The highest BCUT2D eigenvalue weighted by Crippen LogP contribution is 2.46. The first kappa shape index (κ1) is 14.1. The summed E-state index contributed by atoms with van der Waals surface area (Å²) in [4.78, 5) is 0. The average molecular weight is 276 g/mol. The zero-order chi connectivity index (χ0) is 14.5. The first-order valence-electron chi connectivity index (χ1n) is 8.21. The van der Waals surface area contributed by atoms with Gasteiger partial charge >= 0.3 is 0 Å². The summed E-state index contributed by atoms with van der Waals surface area (Å²) in [6.45, 7) is 3.79. The molecule has 0 bridgehead atoms. The summed E-state index contributed by atoms with van der Waals surface area (Å²) in [7, 11) is 0. The molecule has 0 heterocycles. The number of fused-ring (bicyclic) bond motifs is 3. The Morgan fingerprint density at radius 2 is 1.33 bits per heavy atom. The van der Waals surface area contributed by atoms with Gasteiger partial charge in [-0.15, -0.1) is 6.58 Å². The van der Waals surface area contributed by atoms with E-state index in [1.165, 1.54) is 54.4 Å². The molecule has 0 N–H and O–H groups in total. The molecule has 0 saturated heterocycles. The van der Waals surface area contributed by atoms with E-state index < -0.39 is 0 Å². The summed E-state index contributed by atoms with van der Waals surface area (Å²) in [6, 6.07) is 17.9. The maximum atomic E-state index is 3.79. The molecule has 0 aromatic heterocycles. The van der Waals surface area contributed by atoms with Crippen LogP contribution in [-0.2, 0) is 0 Å². The maximum Gasteiger partial charge on any atom is 0.0102 e. The standard InChI is InChI=1S/C21H24/c1-2-3-4-5-6-7-12-17-18-13-8-10-15-20(18)21-16-11-9-14-19(17)21/h2,8-11,13-17H,1,3-7,12H2. The first-order chi connectivity index (χ1) is 10.4. The number of unbranched alkanes of at least 4 members (excludes halogenated alkanes) is 4. The van der Waals surface area contributed by atoms with Gasteiger partial charge < -0.3 is 0 Å². The molecular weight excluding hydrogens is 252 g/mol. The van der Waals surface area contributed by atoms with Crippen LogP contribution in [0.2, 0.25) is 0 Å². The van der Waals surface area contributed by atoms with Crippen molar-refractivity contribution in [2.45, 2.75) is 44.4 Å². The van der Waals surface area contributed by atoms with Crippen LogP contribution in [0.3, 0.4) is 0 Å². The molecule has 0 nitrogen and oxygen atoms in total. The number of hydrogen-bond acceptors (Lipinski definition) is 0. The Balaban J connectivity index is 1.69. The van der Waals surface area contributed by atoms with E-state index in [4.69, 9.17) is 0 Å². The molecule has 0 amide bonds. The molecule has 0 radical (unpaired) electrons. The highest BCUT2D eigenvalue weighted by Gasteiger charge is 2.27. The van der Waals surface area contributed by atoms with E-state index in [9.17, 15) is 0 Å². The predicted molar refractivity (Wildman–Crippen MR) is 91.6 cm³/mol. The molecule has 0 fully saturated rings. The van der Waals surface area contributed by atoms with E-state index >= 15 is 0 Å². The molecule has 1 aliphatic carbocycles. The molecule has 0 unspecified atom stereocenters. The van der Waals surface area contributed by atoms with Crippen LogP contribution in [0.15, 0.2) is 61.2 Å². The van der Waals surface area contributed by atoms with Crippen molar-refractivity contribution < 1.29 is 0 Å². The second kappa shape index (κ2) is 6.76. The minimum absolute atomic E-state index is 0.608. The second-order valence-corrected chi connectivity index (χ2v) is 6.01. The summed E-state index contributed by atoms with van der Waals surface area (Å²) in [5.41, 5.74) is 5.96. The normalized spacial score (nSPS) is 13.0. The smallest absolute Gasteiger partial charge is 0.0102 e.